The summed E-state index contributed by atoms with van der Waals surface area (Å²) in [6.45, 7) is 3.81. The second-order valence-electron chi connectivity index (χ2n) is 5.23. The summed E-state index contributed by atoms with van der Waals surface area (Å²) in [5.74, 6) is -0.773. The van der Waals surface area contributed by atoms with Crippen molar-refractivity contribution < 1.29 is 19.7 Å². The number of carbonyl (C=O) groups is 1. The number of aliphatic hydroxyl groups is 1. The standard InChI is InChI=1S/C12H21NO4/c1-9(11(15)16)13-5-3-12(4-6-13)8-10(14)2-7-17-12/h9-10,14H,2-8H2,1H3,(H,15,16). The molecule has 2 unspecified atom stereocenters. The number of carboxylic acids is 1. The first kappa shape index (κ1) is 12.8. The van der Waals surface area contributed by atoms with Gasteiger partial charge in [-0.2, -0.15) is 0 Å². The Labute approximate surface area is 101 Å². The zero-order valence-corrected chi connectivity index (χ0v) is 10.3. The van der Waals surface area contributed by atoms with Gasteiger partial charge in [-0.15, -0.1) is 0 Å². The smallest absolute Gasteiger partial charge is 0.320 e. The highest BCUT2D eigenvalue weighted by molar-refractivity contribution is 5.72. The summed E-state index contributed by atoms with van der Waals surface area (Å²) in [6.07, 6.45) is 2.80. The molecule has 0 aromatic rings. The minimum atomic E-state index is -0.773. The van der Waals surface area contributed by atoms with Gasteiger partial charge in [-0.3, -0.25) is 9.69 Å². The second-order valence-corrected chi connectivity index (χ2v) is 5.23. The third-order valence-corrected chi connectivity index (χ3v) is 4.08. The van der Waals surface area contributed by atoms with Crippen molar-refractivity contribution in [3.05, 3.63) is 0 Å². The van der Waals surface area contributed by atoms with Crippen molar-refractivity contribution in [3.8, 4) is 0 Å². The molecule has 0 saturated carbocycles. The molecule has 2 aliphatic rings. The van der Waals surface area contributed by atoms with Crippen molar-refractivity contribution in [2.24, 2.45) is 0 Å². The Kier molecular flexibility index (Phi) is 3.70. The van der Waals surface area contributed by atoms with Crippen LogP contribution in [0.5, 0.6) is 0 Å². The summed E-state index contributed by atoms with van der Waals surface area (Å²) in [6, 6.07) is -0.430. The first-order chi connectivity index (χ1) is 8.02. The maximum Gasteiger partial charge on any atom is 0.320 e. The summed E-state index contributed by atoms with van der Waals surface area (Å²) in [5, 5.41) is 18.7. The molecule has 98 valence electrons. The Morgan fingerprint density at radius 1 is 1.47 bits per heavy atom. The van der Waals surface area contributed by atoms with Crippen LogP contribution in [-0.4, -0.2) is 58.5 Å². The van der Waals surface area contributed by atoms with Crippen molar-refractivity contribution in [2.75, 3.05) is 19.7 Å². The van der Waals surface area contributed by atoms with Gasteiger partial charge in [-0.1, -0.05) is 0 Å². The molecule has 5 heteroatoms. The van der Waals surface area contributed by atoms with Crippen molar-refractivity contribution in [2.45, 2.75) is 50.4 Å². The molecule has 2 rings (SSSR count). The number of hydrogen-bond acceptors (Lipinski definition) is 4. The molecule has 2 aliphatic heterocycles. The van der Waals surface area contributed by atoms with Gasteiger partial charge in [0, 0.05) is 26.1 Å². The highest BCUT2D eigenvalue weighted by Crippen LogP contribution is 2.35. The Morgan fingerprint density at radius 2 is 2.12 bits per heavy atom. The fraction of sp³-hybridized carbons (Fsp3) is 0.917. The minimum absolute atomic E-state index is 0.202. The molecule has 1 spiro atoms. The molecule has 2 N–H and O–H groups in total. The molecule has 2 heterocycles. The number of likely N-dealkylation sites (tertiary alicyclic amines) is 1. The quantitative estimate of drug-likeness (QED) is 0.737. The second kappa shape index (κ2) is 4.92. The first-order valence-electron chi connectivity index (χ1n) is 6.31. The molecule has 0 aliphatic carbocycles. The van der Waals surface area contributed by atoms with Crippen molar-refractivity contribution in [1.82, 2.24) is 4.90 Å². The van der Waals surface area contributed by atoms with Gasteiger partial charge in [0.25, 0.3) is 0 Å². The lowest BCUT2D eigenvalue weighted by Crippen LogP contribution is -2.53. The van der Waals surface area contributed by atoms with Crippen LogP contribution in [-0.2, 0) is 9.53 Å². The fourth-order valence-electron chi connectivity index (χ4n) is 2.83. The molecule has 5 nitrogen and oxygen atoms in total. The summed E-state index contributed by atoms with van der Waals surface area (Å²) < 4.78 is 5.83. The highest BCUT2D eigenvalue weighted by Gasteiger charge is 2.41. The molecule has 17 heavy (non-hydrogen) atoms. The predicted molar refractivity (Wildman–Crippen MR) is 61.8 cm³/mol. The molecule has 0 bridgehead atoms. The number of rotatable bonds is 2. The number of aliphatic carboxylic acids is 1. The topological polar surface area (TPSA) is 70.0 Å². The average Bonchev–Trinajstić information content (AvgIpc) is 2.29. The van der Waals surface area contributed by atoms with E-state index >= 15 is 0 Å². The maximum absolute atomic E-state index is 10.9. The molecule has 2 saturated heterocycles. The fourth-order valence-corrected chi connectivity index (χ4v) is 2.83. The number of ether oxygens (including phenoxy) is 1. The van der Waals surface area contributed by atoms with Crippen LogP contribution in [0.25, 0.3) is 0 Å². The molecule has 2 fully saturated rings. The zero-order valence-electron chi connectivity index (χ0n) is 10.3. The van der Waals surface area contributed by atoms with E-state index in [9.17, 15) is 9.90 Å². The number of nitrogens with zero attached hydrogens (tertiary/aromatic N) is 1. The van der Waals surface area contributed by atoms with Crippen molar-refractivity contribution in [3.63, 3.8) is 0 Å². The molecule has 0 aromatic heterocycles. The maximum atomic E-state index is 10.9. The molecule has 0 aromatic carbocycles. The van der Waals surface area contributed by atoms with Crippen molar-refractivity contribution in [1.29, 1.82) is 0 Å². The van der Waals surface area contributed by atoms with E-state index < -0.39 is 12.0 Å². The summed E-state index contributed by atoms with van der Waals surface area (Å²) in [5.41, 5.74) is -0.202. The lowest BCUT2D eigenvalue weighted by molar-refractivity contribution is -0.156. The van der Waals surface area contributed by atoms with E-state index in [1.165, 1.54) is 0 Å². The lowest BCUT2D eigenvalue weighted by Gasteiger charge is -2.46. The van der Waals surface area contributed by atoms with E-state index in [-0.39, 0.29) is 11.7 Å². The van der Waals surface area contributed by atoms with E-state index in [0.29, 0.717) is 13.0 Å². The number of hydrogen-bond donors (Lipinski definition) is 2. The Hall–Kier alpha value is -0.650. The van der Waals surface area contributed by atoms with Gasteiger partial charge in [-0.25, -0.2) is 0 Å². The molecular weight excluding hydrogens is 222 g/mol. The Bertz CT molecular complexity index is 286. The van der Waals surface area contributed by atoms with Gasteiger partial charge < -0.3 is 14.9 Å². The summed E-state index contributed by atoms with van der Waals surface area (Å²) >= 11 is 0. The number of piperidine rings is 1. The van der Waals surface area contributed by atoms with Gasteiger partial charge in [-0.05, 0) is 26.2 Å². The van der Waals surface area contributed by atoms with Gasteiger partial charge in [0.2, 0.25) is 0 Å². The highest BCUT2D eigenvalue weighted by atomic mass is 16.5. The molecule has 2 atom stereocenters. The van der Waals surface area contributed by atoms with E-state index in [1.807, 2.05) is 4.90 Å². The van der Waals surface area contributed by atoms with Crippen LogP contribution in [0.4, 0.5) is 0 Å². The average molecular weight is 243 g/mol. The molecular formula is C12H21NO4. The normalized spacial score (nSPS) is 31.3. The van der Waals surface area contributed by atoms with Crippen LogP contribution >= 0.6 is 0 Å². The first-order valence-corrected chi connectivity index (χ1v) is 6.31. The van der Waals surface area contributed by atoms with Gasteiger partial charge in [0.05, 0.1) is 11.7 Å². The largest absolute Gasteiger partial charge is 0.480 e. The van der Waals surface area contributed by atoms with Crippen LogP contribution in [0.2, 0.25) is 0 Å². The van der Waals surface area contributed by atoms with Crippen molar-refractivity contribution >= 4 is 5.97 Å². The summed E-state index contributed by atoms with van der Waals surface area (Å²) in [4.78, 5) is 12.9. The van der Waals surface area contributed by atoms with Crippen LogP contribution < -0.4 is 0 Å². The number of aliphatic hydroxyl groups excluding tert-OH is 1. The van der Waals surface area contributed by atoms with E-state index in [2.05, 4.69) is 0 Å². The third kappa shape index (κ3) is 2.78. The SMILES string of the molecule is CC(C(=O)O)N1CCC2(CC1)CC(O)CCO2. The predicted octanol–water partition coefficient (Wildman–Crippen LogP) is 0.465. The van der Waals surface area contributed by atoms with E-state index in [1.54, 1.807) is 6.92 Å². The lowest BCUT2D eigenvalue weighted by atomic mass is 9.83. The van der Waals surface area contributed by atoms with Crippen LogP contribution in [0.3, 0.4) is 0 Å². The van der Waals surface area contributed by atoms with E-state index in [4.69, 9.17) is 9.84 Å². The molecule has 0 radical (unpaired) electrons. The monoisotopic (exact) mass is 243 g/mol. The van der Waals surface area contributed by atoms with Crippen LogP contribution in [0.1, 0.15) is 32.6 Å². The van der Waals surface area contributed by atoms with Gasteiger partial charge in [0.15, 0.2) is 0 Å². The van der Waals surface area contributed by atoms with Crippen LogP contribution in [0.15, 0.2) is 0 Å². The number of carboxylic acid groups (broad SMARTS) is 1. The molecule has 0 amide bonds. The van der Waals surface area contributed by atoms with Crippen LogP contribution in [0, 0.1) is 0 Å². The third-order valence-electron chi connectivity index (χ3n) is 4.08. The zero-order chi connectivity index (χ0) is 12.5. The summed E-state index contributed by atoms with van der Waals surface area (Å²) in [7, 11) is 0. The van der Waals surface area contributed by atoms with Gasteiger partial charge in [0.1, 0.15) is 6.04 Å². The Balaban J connectivity index is 1.91. The van der Waals surface area contributed by atoms with Gasteiger partial charge >= 0.3 is 5.97 Å². The Morgan fingerprint density at radius 3 is 2.65 bits per heavy atom. The minimum Gasteiger partial charge on any atom is -0.480 e. The van der Waals surface area contributed by atoms with E-state index in [0.717, 1.165) is 32.4 Å².